The summed E-state index contributed by atoms with van der Waals surface area (Å²) in [6, 6.07) is 35.0. The molecule has 8 heteroatoms. The summed E-state index contributed by atoms with van der Waals surface area (Å²) in [5.74, 6) is 0. The van der Waals surface area contributed by atoms with Gasteiger partial charge in [0.1, 0.15) is 0 Å². The van der Waals surface area contributed by atoms with Gasteiger partial charge in [0.05, 0.1) is 0 Å². The second-order valence-electron chi connectivity index (χ2n) is 8.78. The summed E-state index contributed by atoms with van der Waals surface area (Å²) in [4.78, 5) is 0. The number of aromatic nitrogens is 1. The van der Waals surface area contributed by atoms with Gasteiger partial charge in [-0.2, -0.15) is 17.7 Å². The van der Waals surface area contributed by atoms with Gasteiger partial charge >= 0.3 is 5.51 Å². The molecule has 192 valence electrons. The van der Waals surface area contributed by atoms with Crippen molar-refractivity contribution in [1.82, 2.24) is 0 Å². The molecular formula is C29H26F3NO3S. The van der Waals surface area contributed by atoms with Crippen molar-refractivity contribution in [2.24, 2.45) is 0 Å². The molecule has 0 atom stereocenters. The second-order valence-corrected chi connectivity index (χ2v) is 10.2. The van der Waals surface area contributed by atoms with E-state index in [1.807, 2.05) is 0 Å². The van der Waals surface area contributed by atoms with Crippen molar-refractivity contribution in [3.05, 3.63) is 114 Å². The molecule has 0 spiro atoms. The number of halogens is 3. The average molecular weight is 526 g/mol. The number of pyridine rings is 1. The molecule has 5 rings (SSSR count). The molecule has 0 bridgehead atoms. The van der Waals surface area contributed by atoms with E-state index in [1.54, 1.807) is 0 Å². The number of nitrogens with zero attached hydrogens (tertiary/aromatic N) is 1. The lowest BCUT2D eigenvalue weighted by atomic mass is 9.87. The van der Waals surface area contributed by atoms with Crippen LogP contribution in [0.3, 0.4) is 0 Å². The van der Waals surface area contributed by atoms with Gasteiger partial charge in [0, 0.05) is 29.2 Å². The first-order valence-electron chi connectivity index (χ1n) is 11.9. The third-order valence-electron chi connectivity index (χ3n) is 6.28. The Kier molecular flexibility index (Phi) is 8.10. The van der Waals surface area contributed by atoms with E-state index in [0.717, 1.165) is 13.0 Å². The molecule has 0 N–H and O–H groups in total. The predicted octanol–water partition coefficient (Wildman–Crippen LogP) is 6.29. The van der Waals surface area contributed by atoms with Crippen molar-refractivity contribution in [2.45, 2.75) is 37.7 Å². The maximum Gasteiger partial charge on any atom is 0.485 e. The number of benzene rings is 3. The van der Waals surface area contributed by atoms with Gasteiger partial charge in [-0.15, -0.1) is 0 Å². The van der Waals surface area contributed by atoms with E-state index in [9.17, 15) is 13.2 Å². The Morgan fingerprint density at radius 3 is 1.78 bits per heavy atom. The Hall–Kier alpha value is -3.49. The largest absolute Gasteiger partial charge is 0.741 e. The summed E-state index contributed by atoms with van der Waals surface area (Å²) in [5, 5.41) is 0. The zero-order valence-electron chi connectivity index (χ0n) is 20.0. The highest BCUT2D eigenvalue weighted by Crippen LogP contribution is 2.33. The molecule has 0 saturated carbocycles. The molecule has 4 nitrogen and oxygen atoms in total. The number of hydrogen-bond donors (Lipinski definition) is 0. The Morgan fingerprint density at radius 1 is 0.757 bits per heavy atom. The van der Waals surface area contributed by atoms with E-state index in [4.69, 9.17) is 13.0 Å². The van der Waals surface area contributed by atoms with Crippen molar-refractivity contribution in [3.8, 4) is 22.4 Å². The molecule has 3 aromatic carbocycles. The molecule has 37 heavy (non-hydrogen) atoms. The van der Waals surface area contributed by atoms with Gasteiger partial charge in [-0.1, -0.05) is 78.9 Å². The highest BCUT2D eigenvalue weighted by Gasteiger charge is 2.37. The van der Waals surface area contributed by atoms with Crippen LogP contribution in [-0.4, -0.2) is 18.5 Å². The molecule has 1 aliphatic carbocycles. The van der Waals surface area contributed by atoms with E-state index in [1.165, 1.54) is 58.5 Å². The number of rotatable bonds is 4. The van der Waals surface area contributed by atoms with Crippen LogP contribution in [0.4, 0.5) is 13.2 Å². The van der Waals surface area contributed by atoms with Crippen molar-refractivity contribution in [2.75, 3.05) is 0 Å². The first kappa shape index (κ1) is 26.6. The van der Waals surface area contributed by atoms with Crippen LogP contribution in [0, 0.1) is 0 Å². The highest BCUT2D eigenvalue weighted by atomic mass is 32.2. The zero-order valence-corrected chi connectivity index (χ0v) is 20.8. The number of alkyl halides is 3. The van der Waals surface area contributed by atoms with Crippen molar-refractivity contribution in [1.29, 1.82) is 0 Å². The van der Waals surface area contributed by atoms with E-state index in [2.05, 4.69) is 102 Å². The Labute approximate surface area is 214 Å². The first-order chi connectivity index (χ1) is 17.6. The molecule has 4 aromatic rings. The van der Waals surface area contributed by atoms with E-state index in [-0.39, 0.29) is 0 Å². The minimum Gasteiger partial charge on any atom is -0.741 e. The minimum atomic E-state index is -6.09. The molecule has 1 aromatic heterocycles. The quantitative estimate of drug-likeness (QED) is 0.179. The van der Waals surface area contributed by atoms with Crippen LogP contribution in [-0.2, 0) is 29.5 Å². The third-order valence-corrected chi connectivity index (χ3v) is 6.85. The molecule has 0 unspecified atom stereocenters. The molecule has 1 heterocycles. The van der Waals surface area contributed by atoms with Crippen LogP contribution in [0.1, 0.15) is 29.7 Å². The summed E-state index contributed by atoms with van der Waals surface area (Å²) in [7, 11) is -6.09. The highest BCUT2D eigenvalue weighted by molar-refractivity contribution is 7.86. The maximum absolute atomic E-state index is 10.7. The topological polar surface area (TPSA) is 61.1 Å². The fourth-order valence-corrected chi connectivity index (χ4v) is 4.59. The molecule has 0 saturated heterocycles. The molecular weight excluding hydrogens is 499 g/mol. The van der Waals surface area contributed by atoms with Crippen LogP contribution in [0.25, 0.3) is 22.4 Å². The predicted molar refractivity (Wildman–Crippen MR) is 135 cm³/mol. The van der Waals surface area contributed by atoms with Crippen LogP contribution < -0.4 is 4.57 Å². The molecule has 0 amide bonds. The van der Waals surface area contributed by atoms with Crippen molar-refractivity contribution >= 4 is 10.1 Å². The smallest absolute Gasteiger partial charge is 0.485 e. The van der Waals surface area contributed by atoms with Crippen LogP contribution in [0.15, 0.2) is 97.1 Å². The monoisotopic (exact) mass is 525 g/mol. The summed E-state index contributed by atoms with van der Waals surface area (Å²) in [5.41, 5.74) is 4.10. The van der Waals surface area contributed by atoms with Gasteiger partial charge in [-0.3, -0.25) is 0 Å². The van der Waals surface area contributed by atoms with E-state index >= 15 is 0 Å². The van der Waals surface area contributed by atoms with Gasteiger partial charge < -0.3 is 4.55 Å². The Morgan fingerprint density at radius 2 is 1.24 bits per heavy atom. The summed E-state index contributed by atoms with van der Waals surface area (Å²) in [6.45, 7) is 0.919. The van der Waals surface area contributed by atoms with Crippen LogP contribution in [0.5, 0.6) is 0 Å². The van der Waals surface area contributed by atoms with Crippen LogP contribution >= 0.6 is 0 Å². The van der Waals surface area contributed by atoms with E-state index in [0.29, 0.717) is 0 Å². The Bertz CT molecular complexity index is 1440. The van der Waals surface area contributed by atoms with Crippen molar-refractivity contribution in [3.63, 3.8) is 0 Å². The fourth-order valence-electron chi connectivity index (χ4n) is 4.59. The summed E-state index contributed by atoms with van der Waals surface area (Å²) in [6.07, 6.45) is 4.88. The number of hydrogen-bond acceptors (Lipinski definition) is 3. The van der Waals surface area contributed by atoms with Gasteiger partial charge in [-0.25, -0.2) is 8.42 Å². The van der Waals surface area contributed by atoms with Gasteiger partial charge in [0.25, 0.3) is 0 Å². The second kappa shape index (κ2) is 11.3. The maximum atomic E-state index is 10.7. The van der Waals surface area contributed by atoms with Crippen LogP contribution in [0.2, 0.25) is 0 Å². The third kappa shape index (κ3) is 6.45. The van der Waals surface area contributed by atoms with Gasteiger partial charge in [0.2, 0.25) is 5.69 Å². The van der Waals surface area contributed by atoms with Gasteiger partial charge in [-0.05, 0) is 42.5 Å². The normalized spacial score (nSPS) is 13.3. The molecule has 1 aliphatic rings. The fraction of sp³-hybridized carbons (Fsp3) is 0.207. The Balaban J connectivity index is 0.000000349. The lowest BCUT2D eigenvalue weighted by molar-refractivity contribution is -0.685. The molecule has 0 aliphatic heterocycles. The molecule has 0 radical (unpaired) electrons. The first-order valence-corrected chi connectivity index (χ1v) is 13.3. The SMILES string of the molecule is O=S(=O)([O-])C(F)(F)F.c1ccc(C[n+]2c(-c3ccccc3)cc(-c3ccccc3)c3c2CCCC3)cc1. The average Bonchev–Trinajstić information content (AvgIpc) is 2.90. The summed E-state index contributed by atoms with van der Waals surface area (Å²) >= 11 is 0. The zero-order chi connectivity index (χ0) is 26.5. The number of fused-ring (bicyclic) bond motifs is 1. The standard InChI is InChI=1S/C28H26N.CHF3O3S/c1-4-12-22(13-5-1)21-29-27-19-11-10-18-25(27)26(23-14-6-2-7-15-23)20-28(29)24-16-8-3-9-17-24;2-1(3,4)8(5,6)7/h1-9,12-17,20H,10-11,18-19,21H2;(H,5,6,7)/q+1;/p-1. The van der Waals surface area contributed by atoms with E-state index < -0.39 is 15.6 Å². The molecule has 0 fully saturated rings. The lowest BCUT2D eigenvalue weighted by Crippen LogP contribution is -2.43. The lowest BCUT2D eigenvalue weighted by Gasteiger charge is -2.21. The minimum absolute atomic E-state index is 0.919. The van der Waals surface area contributed by atoms with Crippen molar-refractivity contribution < 1.29 is 30.7 Å². The summed E-state index contributed by atoms with van der Waals surface area (Å²) < 4.78 is 61.5. The van der Waals surface area contributed by atoms with Gasteiger partial charge in [0.15, 0.2) is 22.4 Å².